The molecule has 0 unspecified atom stereocenters. The summed E-state index contributed by atoms with van der Waals surface area (Å²) >= 11 is 14.1. The highest BCUT2D eigenvalue weighted by Crippen LogP contribution is 2.43. The average molecular weight is 327 g/mol. The molecule has 1 aliphatic carbocycles. The van der Waals surface area contributed by atoms with Crippen LogP contribution in [0.5, 0.6) is 0 Å². The molecule has 20 heavy (non-hydrogen) atoms. The number of hydrogen-bond donors (Lipinski definition) is 1. The lowest BCUT2D eigenvalue weighted by atomic mass is 9.90. The minimum Gasteiger partial charge on any atom is -0.389 e. The summed E-state index contributed by atoms with van der Waals surface area (Å²) in [6, 6.07) is 5.47. The normalized spacial score (nSPS) is 16.5. The maximum Gasteiger partial charge on any atom is 0.114 e. The minimum atomic E-state index is 0.547. The third-order valence-corrected chi connectivity index (χ3v) is 5.50. The highest BCUT2D eigenvalue weighted by molar-refractivity contribution is 7.16. The zero-order valence-electron chi connectivity index (χ0n) is 11.0. The average Bonchev–Trinajstić information content (AvgIpc) is 2.82. The van der Waals surface area contributed by atoms with E-state index in [1.54, 1.807) is 11.3 Å². The second kappa shape index (κ2) is 5.92. The van der Waals surface area contributed by atoms with Gasteiger partial charge in [0.05, 0.1) is 15.1 Å². The van der Waals surface area contributed by atoms with Crippen LogP contribution in [-0.4, -0.2) is 4.98 Å². The standard InChI is InChI=1S/C15H16Cl2N2S/c16-10-7-4-8-11(17)12(10)13-14(18)20-15(19-13)9-5-2-1-3-6-9/h4,7-9H,1-3,5-6,18H2. The number of thiazole rings is 1. The van der Waals surface area contributed by atoms with E-state index in [4.69, 9.17) is 33.9 Å². The van der Waals surface area contributed by atoms with E-state index < -0.39 is 0 Å². The molecule has 1 saturated carbocycles. The Morgan fingerprint density at radius 1 is 1.10 bits per heavy atom. The molecule has 0 saturated heterocycles. The number of nitrogens with two attached hydrogens (primary N) is 1. The van der Waals surface area contributed by atoms with Crippen LogP contribution in [0.4, 0.5) is 5.00 Å². The van der Waals surface area contributed by atoms with E-state index in [-0.39, 0.29) is 0 Å². The molecule has 1 aromatic carbocycles. The Morgan fingerprint density at radius 2 is 1.75 bits per heavy atom. The number of benzene rings is 1. The fourth-order valence-corrected chi connectivity index (χ4v) is 4.36. The van der Waals surface area contributed by atoms with Gasteiger partial charge in [-0.25, -0.2) is 4.98 Å². The lowest BCUT2D eigenvalue weighted by Crippen LogP contribution is -2.03. The van der Waals surface area contributed by atoms with Crippen LogP contribution in [-0.2, 0) is 0 Å². The molecular formula is C15H16Cl2N2S. The molecule has 106 valence electrons. The third kappa shape index (κ3) is 2.67. The Kier molecular flexibility index (Phi) is 4.20. The highest BCUT2D eigenvalue weighted by atomic mass is 35.5. The molecule has 2 nitrogen and oxygen atoms in total. The van der Waals surface area contributed by atoms with Crippen LogP contribution in [0.2, 0.25) is 10.0 Å². The summed E-state index contributed by atoms with van der Waals surface area (Å²) in [5, 5.41) is 3.04. The molecule has 3 rings (SSSR count). The summed E-state index contributed by atoms with van der Waals surface area (Å²) in [6.07, 6.45) is 6.32. The molecule has 1 aliphatic rings. The van der Waals surface area contributed by atoms with Gasteiger partial charge in [0, 0.05) is 11.5 Å². The van der Waals surface area contributed by atoms with E-state index in [1.165, 1.54) is 32.1 Å². The fourth-order valence-electron chi connectivity index (χ4n) is 2.78. The largest absolute Gasteiger partial charge is 0.389 e. The second-order valence-corrected chi connectivity index (χ2v) is 7.07. The molecule has 2 N–H and O–H groups in total. The van der Waals surface area contributed by atoms with Gasteiger partial charge in [-0.2, -0.15) is 0 Å². The van der Waals surface area contributed by atoms with Gasteiger partial charge in [-0.1, -0.05) is 48.5 Å². The number of aromatic nitrogens is 1. The molecule has 1 fully saturated rings. The topological polar surface area (TPSA) is 38.9 Å². The van der Waals surface area contributed by atoms with Gasteiger partial charge in [-0.05, 0) is 25.0 Å². The van der Waals surface area contributed by atoms with E-state index in [9.17, 15) is 0 Å². The molecule has 0 radical (unpaired) electrons. The number of nitrogen functional groups attached to an aromatic ring is 1. The van der Waals surface area contributed by atoms with Crippen molar-refractivity contribution in [1.82, 2.24) is 4.98 Å². The lowest BCUT2D eigenvalue weighted by Gasteiger charge is -2.18. The van der Waals surface area contributed by atoms with Crippen molar-refractivity contribution in [3.8, 4) is 11.3 Å². The molecule has 1 aromatic heterocycles. The van der Waals surface area contributed by atoms with Crippen molar-refractivity contribution in [1.29, 1.82) is 0 Å². The lowest BCUT2D eigenvalue weighted by molar-refractivity contribution is 0.442. The number of nitrogens with zero attached hydrogens (tertiary/aromatic N) is 1. The first-order chi connectivity index (χ1) is 9.66. The highest BCUT2D eigenvalue weighted by Gasteiger charge is 2.22. The third-order valence-electron chi connectivity index (χ3n) is 3.82. The molecule has 0 bridgehead atoms. The Balaban J connectivity index is 2.00. The summed E-state index contributed by atoms with van der Waals surface area (Å²) < 4.78 is 0. The molecule has 0 spiro atoms. The van der Waals surface area contributed by atoms with Crippen molar-refractivity contribution in [2.45, 2.75) is 38.0 Å². The SMILES string of the molecule is Nc1sc(C2CCCCC2)nc1-c1c(Cl)cccc1Cl. The van der Waals surface area contributed by atoms with Crippen molar-refractivity contribution < 1.29 is 0 Å². The van der Waals surface area contributed by atoms with Crippen LogP contribution in [0.15, 0.2) is 18.2 Å². The summed E-state index contributed by atoms with van der Waals surface area (Å²) in [7, 11) is 0. The van der Waals surface area contributed by atoms with E-state index >= 15 is 0 Å². The Labute approximate surface area is 132 Å². The first-order valence-corrected chi connectivity index (χ1v) is 8.44. The van der Waals surface area contributed by atoms with Gasteiger partial charge >= 0.3 is 0 Å². The van der Waals surface area contributed by atoms with E-state index in [1.807, 2.05) is 18.2 Å². The smallest absolute Gasteiger partial charge is 0.114 e. The van der Waals surface area contributed by atoms with Crippen molar-refractivity contribution in [3.63, 3.8) is 0 Å². The van der Waals surface area contributed by atoms with Crippen LogP contribution >= 0.6 is 34.5 Å². The maximum atomic E-state index is 6.26. The van der Waals surface area contributed by atoms with Crippen molar-refractivity contribution in [2.75, 3.05) is 5.73 Å². The molecule has 2 aromatic rings. The number of rotatable bonds is 2. The number of anilines is 1. The van der Waals surface area contributed by atoms with Crippen LogP contribution in [0.1, 0.15) is 43.0 Å². The van der Waals surface area contributed by atoms with Crippen molar-refractivity contribution >= 4 is 39.5 Å². The van der Waals surface area contributed by atoms with Gasteiger partial charge < -0.3 is 5.73 Å². The summed E-state index contributed by atoms with van der Waals surface area (Å²) in [5.74, 6) is 0.547. The minimum absolute atomic E-state index is 0.547. The monoisotopic (exact) mass is 326 g/mol. The van der Waals surface area contributed by atoms with E-state index in [0.717, 1.165) is 16.3 Å². The fraction of sp³-hybridized carbons (Fsp3) is 0.400. The first kappa shape index (κ1) is 14.2. The van der Waals surface area contributed by atoms with Gasteiger partial charge in [0.1, 0.15) is 10.7 Å². The predicted molar refractivity (Wildman–Crippen MR) is 87.8 cm³/mol. The zero-order chi connectivity index (χ0) is 14.1. The molecule has 0 aliphatic heterocycles. The van der Waals surface area contributed by atoms with Gasteiger partial charge in [-0.15, -0.1) is 11.3 Å². The van der Waals surface area contributed by atoms with Crippen molar-refractivity contribution in [3.05, 3.63) is 33.3 Å². The Bertz CT molecular complexity index is 598. The van der Waals surface area contributed by atoms with Crippen LogP contribution in [0.3, 0.4) is 0 Å². The van der Waals surface area contributed by atoms with Gasteiger partial charge in [-0.3, -0.25) is 0 Å². The maximum absolute atomic E-state index is 6.26. The van der Waals surface area contributed by atoms with Crippen LogP contribution in [0, 0.1) is 0 Å². The van der Waals surface area contributed by atoms with Gasteiger partial charge in [0.25, 0.3) is 0 Å². The Morgan fingerprint density at radius 3 is 2.40 bits per heavy atom. The second-order valence-electron chi connectivity index (χ2n) is 5.20. The predicted octanol–water partition coefficient (Wildman–Crippen LogP) is 5.75. The molecule has 0 amide bonds. The van der Waals surface area contributed by atoms with Gasteiger partial charge in [0.15, 0.2) is 0 Å². The van der Waals surface area contributed by atoms with Crippen molar-refractivity contribution in [2.24, 2.45) is 0 Å². The number of hydrogen-bond acceptors (Lipinski definition) is 3. The molecule has 0 atom stereocenters. The number of halogens is 2. The molecular weight excluding hydrogens is 311 g/mol. The Hall–Kier alpha value is -0.770. The molecule has 1 heterocycles. The van der Waals surface area contributed by atoms with Crippen LogP contribution < -0.4 is 5.73 Å². The van der Waals surface area contributed by atoms with Crippen LogP contribution in [0.25, 0.3) is 11.3 Å². The van der Waals surface area contributed by atoms with E-state index in [2.05, 4.69) is 0 Å². The molecule has 5 heteroatoms. The van der Waals surface area contributed by atoms with Gasteiger partial charge in [0.2, 0.25) is 0 Å². The quantitative estimate of drug-likeness (QED) is 0.763. The summed E-state index contributed by atoms with van der Waals surface area (Å²) in [4.78, 5) is 4.75. The van der Waals surface area contributed by atoms with E-state index in [0.29, 0.717) is 21.0 Å². The zero-order valence-corrected chi connectivity index (χ0v) is 13.4. The summed E-state index contributed by atoms with van der Waals surface area (Å²) in [6.45, 7) is 0. The first-order valence-electron chi connectivity index (χ1n) is 6.87. The summed E-state index contributed by atoms with van der Waals surface area (Å²) in [5.41, 5.74) is 7.65.